The number of hydrogen-bond acceptors (Lipinski definition) is 3. The topological polar surface area (TPSA) is 145 Å². The maximum absolute atomic E-state index is 11.0. The van der Waals surface area contributed by atoms with Gasteiger partial charge in [-0.25, -0.2) is 5.01 Å². The second-order valence-corrected chi connectivity index (χ2v) is 2.56. The summed E-state index contributed by atoms with van der Waals surface area (Å²) >= 11 is 0. The Bertz CT molecular complexity index is 330. The zero-order chi connectivity index (χ0) is 11.1. The summed E-state index contributed by atoms with van der Waals surface area (Å²) in [4.78, 5) is 11.0. The third-order valence-corrected chi connectivity index (χ3v) is 1.52. The van der Waals surface area contributed by atoms with Crippen LogP contribution in [0.1, 0.15) is 6.92 Å². The number of carbonyl (C=O) groups excluding carboxylic acids is 1. The van der Waals surface area contributed by atoms with E-state index < -0.39 is 0 Å². The van der Waals surface area contributed by atoms with Crippen LogP contribution in [0.2, 0.25) is 0 Å². The number of nitrogens with two attached hydrogens (primary N) is 1. The molecule has 0 aromatic carbocycles. The molecule has 1 fully saturated rings. The number of nitrogens with zero attached hydrogens (tertiary/aromatic N) is 9. The fraction of sp³-hybridized carbons (Fsp3) is 0.750. The smallest absolute Gasteiger partial charge is 0.248 e. The number of carbonyl (C=O) groups is 1. The van der Waals surface area contributed by atoms with Gasteiger partial charge >= 0.3 is 0 Å². The van der Waals surface area contributed by atoms with E-state index in [9.17, 15) is 4.79 Å². The van der Waals surface area contributed by atoms with Gasteiger partial charge in [-0.15, -0.1) is 0 Å². The van der Waals surface area contributed by atoms with Crippen LogP contribution in [0.15, 0.2) is 41.8 Å². The van der Waals surface area contributed by atoms with E-state index in [0.717, 1.165) is 0 Å². The molecular formula is C4H8N10O. The van der Waals surface area contributed by atoms with Gasteiger partial charge in [-0.1, -0.05) is 12.1 Å². The molecule has 1 aliphatic rings. The summed E-state index contributed by atoms with van der Waals surface area (Å²) in [6.07, 6.45) is 0. The Kier molecular flexibility index (Phi) is 3.88. The zero-order valence-electron chi connectivity index (χ0n) is 7.79. The van der Waals surface area contributed by atoms with Gasteiger partial charge in [0, 0.05) is 0 Å². The second kappa shape index (κ2) is 5.41. The van der Waals surface area contributed by atoms with Gasteiger partial charge in [-0.05, 0) is 36.6 Å². The van der Waals surface area contributed by atoms with E-state index in [-0.39, 0.29) is 11.8 Å². The number of β-lactam (4-membered cyclic amide) rings is 1. The van der Waals surface area contributed by atoms with Gasteiger partial charge in [0.2, 0.25) is 5.91 Å². The summed E-state index contributed by atoms with van der Waals surface area (Å²) in [5.41, 5.74) is 0. The lowest BCUT2D eigenvalue weighted by Gasteiger charge is -2.29. The monoisotopic (exact) mass is 212 g/mol. The van der Waals surface area contributed by atoms with Gasteiger partial charge in [0.05, 0.1) is 12.5 Å². The first-order chi connectivity index (χ1) is 7.25. The predicted molar refractivity (Wildman–Crippen MR) is 44.5 cm³/mol. The molecule has 2 N–H and O–H groups in total. The molecule has 1 unspecified atom stereocenters. The lowest BCUT2D eigenvalue weighted by molar-refractivity contribution is -0.147. The molecule has 0 spiro atoms. The third-order valence-electron chi connectivity index (χ3n) is 1.52. The number of amides is 1. The molecule has 1 heterocycles. The van der Waals surface area contributed by atoms with Crippen LogP contribution in [0.3, 0.4) is 0 Å². The quantitative estimate of drug-likeness (QED) is 0.318. The van der Waals surface area contributed by atoms with Gasteiger partial charge in [-0.2, -0.15) is 0 Å². The van der Waals surface area contributed by atoms with Crippen molar-refractivity contribution in [1.29, 1.82) is 0 Å². The summed E-state index contributed by atoms with van der Waals surface area (Å²) in [5.74, 6) is 4.50. The highest BCUT2D eigenvalue weighted by molar-refractivity contribution is 5.83. The van der Waals surface area contributed by atoms with Crippen LogP contribution < -0.4 is 5.84 Å². The van der Waals surface area contributed by atoms with E-state index in [4.69, 9.17) is 0 Å². The van der Waals surface area contributed by atoms with Crippen molar-refractivity contribution in [2.75, 3.05) is 6.54 Å². The Morgan fingerprint density at radius 2 is 1.80 bits per heavy atom. The van der Waals surface area contributed by atoms with E-state index in [1.54, 1.807) is 6.92 Å². The molecule has 80 valence electrons. The minimum absolute atomic E-state index is 0.00876. The first kappa shape index (κ1) is 10.7. The van der Waals surface area contributed by atoms with Crippen LogP contribution in [-0.4, -0.2) is 17.5 Å². The summed E-state index contributed by atoms with van der Waals surface area (Å²) in [7, 11) is 0. The maximum Gasteiger partial charge on any atom is 0.248 e. The molecule has 1 aliphatic heterocycles. The van der Waals surface area contributed by atoms with E-state index in [1.807, 2.05) is 0 Å². The van der Waals surface area contributed by atoms with Crippen molar-refractivity contribution >= 4 is 5.91 Å². The van der Waals surface area contributed by atoms with Crippen LogP contribution in [-0.2, 0) is 4.79 Å². The van der Waals surface area contributed by atoms with Gasteiger partial charge in [-0.3, -0.25) is 4.79 Å². The van der Waals surface area contributed by atoms with E-state index in [2.05, 4.69) is 47.6 Å². The van der Waals surface area contributed by atoms with E-state index in [1.165, 1.54) is 5.01 Å². The molecule has 0 aromatic rings. The van der Waals surface area contributed by atoms with Crippen LogP contribution in [0.25, 0.3) is 0 Å². The molecule has 11 heteroatoms. The molecule has 1 amide bonds. The van der Waals surface area contributed by atoms with Crippen LogP contribution in [0.4, 0.5) is 0 Å². The summed E-state index contributed by atoms with van der Waals surface area (Å²) in [5, 5.41) is 25.7. The molecule has 0 aliphatic carbocycles. The number of rotatable bonds is 4. The first-order valence-electron chi connectivity index (χ1n) is 3.88. The second-order valence-electron chi connectivity index (χ2n) is 2.56. The van der Waals surface area contributed by atoms with Gasteiger partial charge in [0.25, 0.3) is 0 Å². The SMILES string of the molecule is CC1CN(/N=N/N=N/N=N/N=N/N)C1=O. The van der Waals surface area contributed by atoms with Gasteiger partial charge in [0.15, 0.2) is 0 Å². The highest BCUT2D eigenvalue weighted by Crippen LogP contribution is 2.16. The minimum atomic E-state index is -0.104. The standard InChI is InChI=1S/C4H8N10O/c1-3-2-14(4(3)15)13-12-11-10-9-8-7-6-5/h3H,2H2,1H3,(H2,5,7,9,11,13). The van der Waals surface area contributed by atoms with E-state index in [0.29, 0.717) is 6.54 Å². The van der Waals surface area contributed by atoms with Crippen LogP contribution in [0, 0.1) is 5.92 Å². The molecule has 1 atom stereocenters. The van der Waals surface area contributed by atoms with Crippen molar-refractivity contribution in [3.8, 4) is 0 Å². The van der Waals surface area contributed by atoms with Crippen molar-refractivity contribution in [1.82, 2.24) is 5.01 Å². The van der Waals surface area contributed by atoms with Crippen molar-refractivity contribution in [3.63, 3.8) is 0 Å². The van der Waals surface area contributed by atoms with Gasteiger partial charge < -0.3 is 5.84 Å². The van der Waals surface area contributed by atoms with Crippen molar-refractivity contribution < 1.29 is 4.79 Å². The largest absolute Gasteiger partial charge is 0.303 e. The highest BCUT2D eigenvalue weighted by Gasteiger charge is 2.33. The lowest BCUT2D eigenvalue weighted by Crippen LogP contribution is -2.47. The van der Waals surface area contributed by atoms with Crippen molar-refractivity contribution in [2.24, 2.45) is 53.5 Å². The maximum atomic E-state index is 11.0. The van der Waals surface area contributed by atoms with Crippen molar-refractivity contribution in [3.05, 3.63) is 0 Å². The number of hydrogen-bond donors (Lipinski definition) is 1. The fourth-order valence-corrected chi connectivity index (χ4v) is 0.811. The predicted octanol–water partition coefficient (Wildman–Crippen LogP) is 0.807. The average molecular weight is 212 g/mol. The first-order valence-corrected chi connectivity index (χ1v) is 3.88. The van der Waals surface area contributed by atoms with Crippen LogP contribution >= 0.6 is 0 Å². The highest BCUT2D eigenvalue weighted by atomic mass is 16.2. The molecule has 0 saturated carbocycles. The van der Waals surface area contributed by atoms with Crippen LogP contribution in [0.5, 0.6) is 0 Å². The summed E-state index contributed by atoms with van der Waals surface area (Å²) < 4.78 is 0. The summed E-state index contributed by atoms with van der Waals surface area (Å²) in [6, 6.07) is 0. The molecule has 0 radical (unpaired) electrons. The lowest BCUT2D eigenvalue weighted by atomic mass is 10.1. The molecule has 0 aromatic heterocycles. The normalized spacial score (nSPS) is 22.6. The molecule has 1 saturated heterocycles. The molecule has 11 nitrogen and oxygen atoms in total. The third kappa shape index (κ3) is 3.13. The molecule has 15 heavy (non-hydrogen) atoms. The Hall–Kier alpha value is -2.33. The molecular weight excluding hydrogens is 204 g/mol. The average Bonchev–Trinajstić information content (AvgIpc) is 2.26. The molecule has 0 bridgehead atoms. The Morgan fingerprint density at radius 1 is 1.20 bits per heavy atom. The minimum Gasteiger partial charge on any atom is -0.303 e. The van der Waals surface area contributed by atoms with Crippen molar-refractivity contribution in [2.45, 2.75) is 6.92 Å². The zero-order valence-corrected chi connectivity index (χ0v) is 7.79. The Morgan fingerprint density at radius 3 is 2.33 bits per heavy atom. The van der Waals surface area contributed by atoms with Gasteiger partial charge in [0.1, 0.15) is 0 Å². The molecule has 1 rings (SSSR count). The summed E-state index contributed by atoms with van der Waals surface area (Å²) in [6.45, 7) is 2.32. The van der Waals surface area contributed by atoms with E-state index >= 15 is 0 Å². The Labute approximate surface area is 83.7 Å². The Balaban J connectivity index is 2.25. The fourth-order valence-electron chi connectivity index (χ4n) is 0.811.